The Balaban J connectivity index is 0.000000143. The second kappa shape index (κ2) is 7.50. The Labute approximate surface area is 154 Å². The Morgan fingerprint density at radius 3 is 1.83 bits per heavy atom. The number of hydrogen-bond donors (Lipinski definition) is 2. The molecule has 0 radical (unpaired) electrons. The lowest BCUT2D eigenvalue weighted by atomic mass is 9.76. The summed E-state index contributed by atoms with van der Waals surface area (Å²) in [7, 11) is -1.56. The van der Waals surface area contributed by atoms with E-state index in [1.807, 2.05) is 6.07 Å². The Kier molecular flexibility index (Phi) is 5.57. The molecule has 0 unspecified atom stereocenters. The van der Waals surface area contributed by atoms with Crippen LogP contribution in [0, 0.1) is 15.2 Å². The first-order valence-electron chi connectivity index (χ1n) is 8.06. The highest BCUT2D eigenvalue weighted by molar-refractivity contribution is 14.1. The molecule has 0 saturated heterocycles. The molecular weight excluding hydrogens is 424 g/mol. The molecule has 0 aromatic heterocycles. The van der Waals surface area contributed by atoms with E-state index in [1.54, 1.807) is 18.2 Å². The van der Waals surface area contributed by atoms with E-state index in [4.69, 9.17) is 10.0 Å². The lowest BCUT2D eigenvalue weighted by molar-refractivity contribution is 0.425. The van der Waals surface area contributed by atoms with E-state index in [1.165, 1.54) is 30.5 Å². The molecule has 2 aliphatic rings. The van der Waals surface area contributed by atoms with Gasteiger partial charge in [0, 0.05) is 3.57 Å². The molecule has 2 nitrogen and oxygen atoms in total. The maximum Gasteiger partial charge on any atom is 0.488 e. The third-order valence-corrected chi connectivity index (χ3v) is 5.26. The summed E-state index contributed by atoms with van der Waals surface area (Å²) in [4.78, 5) is 0. The van der Waals surface area contributed by atoms with E-state index >= 15 is 0 Å². The van der Waals surface area contributed by atoms with Gasteiger partial charge in [0.1, 0.15) is 11.6 Å². The third kappa shape index (κ3) is 4.55. The molecule has 0 bridgehead atoms. The molecule has 6 heteroatoms. The van der Waals surface area contributed by atoms with Crippen LogP contribution in [0.15, 0.2) is 36.4 Å². The van der Waals surface area contributed by atoms with Crippen molar-refractivity contribution in [3.05, 3.63) is 62.7 Å². The summed E-state index contributed by atoms with van der Waals surface area (Å²) in [5.74, 6) is 0.575. The van der Waals surface area contributed by atoms with E-state index in [2.05, 4.69) is 22.6 Å². The second-order valence-electron chi connectivity index (χ2n) is 6.36. The number of hydrogen-bond acceptors (Lipinski definition) is 2. The quantitative estimate of drug-likeness (QED) is 0.563. The van der Waals surface area contributed by atoms with Crippen molar-refractivity contribution in [3.63, 3.8) is 0 Å². The maximum atomic E-state index is 12.8. The highest BCUT2D eigenvalue weighted by Gasteiger charge is 2.29. The molecule has 0 heterocycles. The highest BCUT2D eigenvalue weighted by atomic mass is 127. The predicted octanol–water partition coefficient (Wildman–Crippen LogP) is 3.69. The van der Waals surface area contributed by atoms with Crippen molar-refractivity contribution in [2.75, 3.05) is 0 Å². The van der Waals surface area contributed by atoms with Gasteiger partial charge >= 0.3 is 7.12 Å². The van der Waals surface area contributed by atoms with Crippen molar-refractivity contribution < 1.29 is 18.8 Å². The first-order chi connectivity index (χ1) is 11.5. The summed E-state index contributed by atoms with van der Waals surface area (Å²) in [6.07, 6.45) is 4.68. The van der Waals surface area contributed by atoms with E-state index in [-0.39, 0.29) is 5.82 Å². The Bertz CT molecular complexity index is 731. The van der Waals surface area contributed by atoms with Gasteiger partial charge in [0.05, 0.1) is 0 Å². The van der Waals surface area contributed by atoms with Crippen molar-refractivity contribution in [1.82, 2.24) is 0 Å². The van der Waals surface area contributed by atoms with Crippen LogP contribution in [0.1, 0.15) is 48.6 Å². The molecule has 0 atom stereocenters. The molecule has 2 saturated carbocycles. The Hall–Kier alpha value is -0.985. The van der Waals surface area contributed by atoms with Crippen molar-refractivity contribution in [2.24, 2.45) is 0 Å². The van der Waals surface area contributed by atoms with Crippen LogP contribution < -0.4 is 5.46 Å². The predicted molar refractivity (Wildman–Crippen MR) is 99.3 cm³/mol. The van der Waals surface area contributed by atoms with E-state index in [9.17, 15) is 8.78 Å². The second-order valence-corrected chi connectivity index (χ2v) is 7.52. The lowest BCUT2D eigenvalue weighted by Gasteiger charge is -2.07. The molecule has 126 valence electrons. The summed E-state index contributed by atoms with van der Waals surface area (Å²) in [5, 5.41) is 18.0. The SMILES string of the molecule is Fc1ccc(C2CC2)c(I)c1.OB(O)c1cc(F)ccc1C1CC1. The summed E-state index contributed by atoms with van der Waals surface area (Å²) in [6, 6.07) is 9.26. The number of halogens is 3. The largest absolute Gasteiger partial charge is 0.488 e. The van der Waals surface area contributed by atoms with Crippen LogP contribution in [0.4, 0.5) is 8.78 Å². The minimum atomic E-state index is -1.56. The van der Waals surface area contributed by atoms with Gasteiger partial charge in [-0.3, -0.25) is 0 Å². The van der Waals surface area contributed by atoms with Crippen LogP contribution in [0.2, 0.25) is 0 Å². The zero-order valence-electron chi connectivity index (χ0n) is 13.1. The summed E-state index contributed by atoms with van der Waals surface area (Å²) in [6.45, 7) is 0. The highest BCUT2D eigenvalue weighted by Crippen LogP contribution is 2.42. The van der Waals surface area contributed by atoms with Crippen LogP contribution in [0.5, 0.6) is 0 Å². The van der Waals surface area contributed by atoms with Gasteiger partial charge < -0.3 is 10.0 Å². The first-order valence-corrected chi connectivity index (χ1v) is 9.14. The zero-order valence-corrected chi connectivity index (χ0v) is 15.2. The smallest absolute Gasteiger partial charge is 0.423 e. The Morgan fingerprint density at radius 1 is 0.833 bits per heavy atom. The van der Waals surface area contributed by atoms with Crippen molar-refractivity contribution in [3.8, 4) is 0 Å². The molecule has 24 heavy (non-hydrogen) atoms. The van der Waals surface area contributed by atoms with Crippen LogP contribution in [-0.2, 0) is 0 Å². The van der Waals surface area contributed by atoms with Crippen molar-refractivity contribution >= 4 is 35.2 Å². The molecule has 4 rings (SSSR count). The molecule has 2 fully saturated rings. The fraction of sp³-hybridized carbons (Fsp3) is 0.333. The summed E-state index contributed by atoms with van der Waals surface area (Å²) < 4.78 is 26.5. The number of benzene rings is 2. The standard InChI is InChI=1S/C9H10BFO2.C9H8FI/c11-7-3-4-8(6-1-2-6)9(5-7)10(12)13;10-7-3-4-8(6-1-2-6)9(11)5-7/h3-6,12-13H,1-2H2;3-6H,1-2H2. The molecule has 0 amide bonds. The molecule has 2 N–H and O–H groups in total. The molecule has 0 aliphatic heterocycles. The Morgan fingerprint density at radius 2 is 1.33 bits per heavy atom. The fourth-order valence-electron chi connectivity index (χ4n) is 2.76. The fourth-order valence-corrected chi connectivity index (χ4v) is 3.68. The molecule has 0 spiro atoms. The van der Waals surface area contributed by atoms with Crippen molar-refractivity contribution in [1.29, 1.82) is 0 Å². The zero-order chi connectivity index (χ0) is 17.3. The van der Waals surface area contributed by atoms with Crippen LogP contribution in [-0.4, -0.2) is 17.2 Å². The molecule has 2 aromatic rings. The van der Waals surface area contributed by atoms with Gasteiger partial charge in [-0.25, -0.2) is 8.78 Å². The van der Waals surface area contributed by atoms with Gasteiger partial charge in [0.2, 0.25) is 0 Å². The average molecular weight is 442 g/mol. The van der Waals surface area contributed by atoms with Gasteiger partial charge in [0.25, 0.3) is 0 Å². The first kappa shape index (κ1) is 17.8. The third-order valence-electron chi connectivity index (χ3n) is 4.32. The minimum Gasteiger partial charge on any atom is -0.423 e. The molecule has 2 aromatic carbocycles. The molecular formula is C18H18BF2IO2. The molecule has 2 aliphatic carbocycles. The topological polar surface area (TPSA) is 40.5 Å². The summed E-state index contributed by atoms with van der Waals surface area (Å²) in [5.41, 5.74) is 2.51. The van der Waals surface area contributed by atoms with Crippen LogP contribution in [0.25, 0.3) is 0 Å². The van der Waals surface area contributed by atoms with Crippen LogP contribution >= 0.6 is 22.6 Å². The number of rotatable bonds is 3. The van der Waals surface area contributed by atoms with E-state index < -0.39 is 12.9 Å². The minimum absolute atomic E-state index is 0.126. The van der Waals surface area contributed by atoms with E-state index in [0.717, 1.165) is 27.9 Å². The van der Waals surface area contributed by atoms with Gasteiger partial charge in [-0.05, 0) is 101 Å². The van der Waals surface area contributed by atoms with Crippen molar-refractivity contribution in [2.45, 2.75) is 37.5 Å². The normalized spacial score (nSPS) is 16.4. The van der Waals surface area contributed by atoms with Gasteiger partial charge in [-0.1, -0.05) is 12.1 Å². The monoisotopic (exact) mass is 442 g/mol. The maximum absolute atomic E-state index is 12.8. The van der Waals surface area contributed by atoms with Crippen LogP contribution in [0.3, 0.4) is 0 Å². The van der Waals surface area contributed by atoms with Gasteiger partial charge in [0.15, 0.2) is 0 Å². The summed E-state index contributed by atoms with van der Waals surface area (Å²) >= 11 is 2.20. The van der Waals surface area contributed by atoms with Gasteiger partial charge in [-0.2, -0.15) is 0 Å². The van der Waals surface area contributed by atoms with Gasteiger partial charge in [-0.15, -0.1) is 0 Å². The lowest BCUT2D eigenvalue weighted by Crippen LogP contribution is -2.33. The average Bonchev–Trinajstić information content (AvgIpc) is 3.40. The van der Waals surface area contributed by atoms with E-state index in [0.29, 0.717) is 11.4 Å².